The molecule has 174 valence electrons. The lowest BCUT2D eigenvalue weighted by atomic mass is 9.80. The van der Waals surface area contributed by atoms with Crippen LogP contribution in [0, 0.1) is 6.92 Å². The summed E-state index contributed by atoms with van der Waals surface area (Å²) in [6.07, 6.45) is 3.63. The first-order valence-corrected chi connectivity index (χ1v) is 12.2. The topological polar surface area (TPSA) is 68.0 Å². The van der Waals surface area contributed by atoms with Crippen LogP contribution in [0.25, 0.3) is 21.9 Å². The van der Waals surface area contributed by atoms with Crippen molar-refractivity contribution in [2.24, 2.45) is 0 Å². The SMILES string of the molecule is Cc1nc2ccc3c(c2o1)OC(CN1C2CCC1CC(O)(c1ccc4ccccc4c1)C2)CO3. The number of aryl methyl sites for hydroxylation is 1. The van der Waals surface area contributed by atoms with Gasteiger partial charge in [0.05, 0.1) is 5.60 Å². The Balaban J connectivity index is 1.11. The molecule has 6 nitrogen and oxygen atoms in total. The summed E-state index contributed by atoms with van der Waals surface area (Å²) in [5, 5.41) is 14.1. The van der Waals surface area contributed by atoms with Gasteiger partial charge in [0.1, 0.15) is 18.2 Å². The highest BCUT2D eigenvalue weighted by molar-refractivity contribution is 5.83. The Morgan fingerprint density at radius 3 is 2.65 bits per heavy atom. The molecule has 0 radical (unpaired) electrons. The zero-order valence-corrected chi connectivity index (χ0v) is 19.2. The standard InChI is InChI=1S/C28H28N2O4/c1-17-29-24-10-11-25-27(26(24)33-17)34-23(16-32-25)15-30-21-8-9-22(30)14-28(31,13-21)20-7-6-18-4-2-3-5-19(18)12-20/h2-7,10-12,21-23,31H,8-9,13-16H2,1H3. The third kappa shape index (κ3) is 3.20. The van der Waals surface area contributed by atoms with Gasteiger partial charge in [-0.25, -0.2) is 4.98 Å². The van der Waals surface area contributed by atoms with Crippen LogP contribution in [0.4, 0.5) is 0 Å². The number of hydrogen-bond donors (Lipinski definition) is 1. The number of rotatable bonds is 3. The Hall–Kier alpha value is -3.09. The second kappa shape index (κ2) is 7.45. The molecule has 2 fully saturated rings. The van der Waals surface area contributed by atoms with Crippen LogP contribution in [0.1, 0.15) is 37.1 Å². The largest absolute Gasteiger partial charge is 0.486 e. The summed E-state index contributed by atoms with van der Waals surface area (Å²) in [5.41, 5.74) is 1.70. The second-order valence-electron chi connectivity index (χ2n) is 10.1. The predicted molar refractivity (Wildman–Crippen MR) is 129 cm³/mol. The molecular weight excluding hydrogens is 428 g/mol. The minimum absolute atomic E-state index is 0.0848. The zero-order chi connectivity index (χ0) is 22.9. The summed E-state index contributed by atoms with van der Waals surface area (Å²) < 4.78 is 18.3. The molecule has 2 saturated heterocycles. The van der Waals surface area contributed by atoms with Crippen molar-refractivity contribution in [3.63, 3.8) is 0 Å². The van der Waals surface area contributed by atoms with Crippen LogP contribution in [0.2, 0.25) is 0 Å². The van der Waals surface area contributed by atoms with Gasteiger partial charge in [-0.15, -0.1) is 0 Å². The first-order chi connectivity index (χ1) is 16.6. The first-order valence-electron chi connectivity index (χ1n) is 12.2. The van der Waals surface area contributed by atoms with Gasteiger partial charge in [-0.1, -0.05) is 36.4 Å². The van der Waals surface area contributed by atoms with Gasteiger partial charge in [0, 0.05) is 25.6 Å². The van der Waals surface area contributed by atoms with Crippen molar-refractivity contribution in [3.05, 3.63) is 66.1 Å². The molecule has 3 unspecified atom stereocenters. The highest BCUT2D eigenvalue weighted by Crippen LogP contribution is 2.47. The molecule has 3 aliphatic heterocycles. The van der Waals surface area contributed by atoms with Crippen LogP contribution >= 0.6 is 0 Å². The maximum atomic E-state index is 11.8. The van der Waals surface area contributed by atoms with Gasteiger partial charge >= 0.3 is 0 Å². The van der Waals surface area contributed by atoms with Gasteiger partial charge in [-0.2, -0.15) is 0 Å². The molecule has 3 atom stereocenters. The van der Waals surface area contributed by atoms with E-state index in [1.165, 1.54) is 10.8 Å². The molecule has 3 aliphatic rings. The van der Waals surface area contributed by atoms with Crippen molar-refractivity contribution in [2.45, 2.75) is 56.4 Å². The van der Waals surface area contributed by atoms with Crippen LogP contribution in [0.15, 0.2) is 59.0 Å². The molecule has 1 N–H and O–H groups in total. The number of nitrogens with zero attached hydrogens (tertiary/aromatic N) is 2. The Morgan fingerprint density at radius 2 is 1.82 bits per heavy atom. The van der Waals surface area contributed by atoms with Crippen molar-refractivity contribution in [3.8, 4) is 11.5 Å². The minimum Gasteiger partial charge on any atom is -0.486 e. The average Bonchev–Trinajstić information content (AvgIpc) is 3.35. The summed E-state index contributed by atoms with van der Waals surface area (Å²) in [6.45, 7) is 3.14. The lowest BCUT2D eigenvalue weighted by molar-refractivity contribution is -0.0685. The molecule has 0 aliphatic carbocycles. The molecule has 0 spiro atoms. The maximum absolute atomic E-state index is 11.8. The summed E-state index contributed by atoms with van der Waals surface area (Å²) in [7, 11) is 0. The van der Waals surface area contributed by atoms with E-state index in [1.54, 1.807) is 0 Å². The van der Waals surface area contributed by atoms with Crippen molar-refractivity contribution >= 4 is 21.9 Å². The van der Waals surface area contributed by atoms with Crippen molar-refractivity contribution in [1.82, 2.24) is 9.88 Å². The fourth-order valence-corrected chi connectivity index (χ4v) is 6.32. The summed E-state index contributed by atoms with van der Waals surface area (Å²) in [5.74, 6) is 2.00. The highest BCUT2D eigenvalue weighted by atomic mass is 16.6. The van der Waals surface area contributed by atoms with Crippen LogP contribution in [-0.4, -0.2) is 46.3 Å². The molecule has 4 aromatic rings. The molecule has 6 heteroatoms. The average molecular weight is 457 g/mol. The fourth-order valence-electron chi connectivity index (χ4n) is 6.32. The van der Waals surface area contributed by atoms with E-state index in [9.17, 15) is 5.11 Å². The van der Waals surface area contributed by atoms with Gasteiger partial charge in [0.25, 0.3) is 0 Å². The third-order valence-electron chi connectivity index (χ3n) is 7.91. The van der Waals surface area contributed by atoms with Crippen molar-refractivity contribution < 1.29 is 19.0 Å². The van der Waals surface area contributed by atoms with Crippen LogP contribution < -0.4 is 9.47 Å². The smallest absolute Gasteiger partial charge is 0.207 e. The molecule has 0 amide bonds. The van der Waals surface area contributed by atoms with Gasteiger partial charge in [-0.05, 0) is 60.2 Å². The number of benzene rings is 3. The van der Waals surface area contributed by atoms with E-state index in [0.29, 0.717) is 41.7 Å². The minimum atomic E-state index is -0.785. The number of fused-ring (bicyclic) bond motifs is 6. The summed E-state index contributed by atoms with van der Waals surface area (Å²) in [4.78, 5) is 6.96. The summed E-state index contributed by atoms with van der Waals surface area (Å²) >= 11 is 0. The lowest BCUT2D eigenvalue weighted by Crippen LogP contribution is -2.53. The van der Waals surface area contributed by atoms with Gasteiger partial charge in [-0.3, -0.25) is 4.90 Å². The van der Waals surface area contributed by atoms with Crippen LogP contribution in [-0.2, 0) is 5.60 Å². The molecule has 3 aromatic carbocycles. The lowest BCUT2D eigenvalue weighted by Gasteiger charge is -2.45. The molecule has 7 rings (SSSR count). The van der Waals surface area contributed by atoms with Crippen LogP contribution in [0.3, 0.4) is 0 Å². The normalized spacial score (nSPS) is 28.6. The van der Waals surface area contributed by atoms with E-state index in [0.717, 1.165) is 43.3 Å². The number of ether oxygens (including phenoxy) is 2. The molecule has 4 heterocycles. The van der Waals surface area contributed by atoms with Gasteiger partial charge in [0.15, 0.2) is 11.6 Å². The highest BCUT2D eigenvalue weighted by Gasteiger charge is 2.49. The van der Waals surface area contributed by atoms with Gasteiger partial charge in [0.2, 0.25) is 11.3 Å². The van der Waals surface area contributed by atoms with Gasteiger partial charge < -0.3 is 19.0 Å². The molecule has 34 heavy (non-hydrogen) atoms. The van der Waals surface area contributed by atoms with E-state index in [2.05, 4.69) is 52.3 Å². The van der Waals surface area contributed by atoms with Crippen molar-refractivity contribution in [2.75, 3.05) is 13.2 Å². The van der Waals surface area contributed by atoms with E-state index in [-0.39, 0.29) is 6.10 Å². The Labute approximate surface area is 198 Å². The van der Waals surface area contributed by atoms with E-state index in [1.807, 2.05) is 19.1 Å². The molecule has 1 aromatic heterocycles. The predicted octanol–water partition coefficient (Wildman–Crippen LogP) is 4.94. The number of hydrogen-bond acceptors (Lipinski definition) is 6. The van der Waals surface area contributed by atoms with E-state index >= 15 is 0 Å². The fraction of sp³-hybridized carbons (Fsp3) is 0.393. The van der Waals surface area contributed by atoms with Crippen LogP contribution in [0.5, 0.6) is 11.5 Å². The molecule has 0 saturated carbocycles. The van der Waals surface area contributed by atoms with E-state index < -0.39 is 5.60 Å². The van der Waals surface area contributed by atoms with Crippen molar-refractivity contribution in [1.29, 1.82) is 0 Å². The number of oxazole rings is 1. The number of aliphatic hydroxyl groups is 1. The summed E-state index contributed by atoms with van der Waals surface area (Å²) in [6, 6.07) is 19.3. The molecular formula is C28H28N2O4. The zero-order valence-electron chi connectivity index (χ0n) is 19.2. The first kappa shape index (κ1) is 20.3. The monoisotopic (exact) mass is 456 g/mol. The van der Waals surface area contributed by atoms with E-state index in [4.69, 9.17) is 13.9 Å². The Morgan fingerprint density at radius 1 is 1.03 bits per heavy atom. The maximum Gasteiger partial charge on any atom is 0.207 e. The third-order valence-corrected chi connectivity index (χ3v) is 7.91. The Bertz CT molecular complexity index is 1380. The number of aromatic nitrogens is 1. The quantitative estimate of drug-likeness (QED) is 0.471. The Kier molecular flexibility index (Phi) is 4.45. The number of piperidine rings is 1. The second-order valence-corrected chi connectivity index (χ2v) is 10.1. The molecule has 2 bridgehead atoms.